The average Bonchev–Trinajstić information content (AvgIpc) is 3.12. The molecule has 0 aliphatic rings. The Morgan fingerprint density at radius 2 is 1.45 bits per heavy atom. The summed E-state index contributed by atoms with van der Waals surface area (Å²) >= 11 is 0. The van der Waals surface area contributed by atoms with Crippen LogP contribution in [-0.2, 0) is 0 Å². The van der Waals surface area contributed by atoms with Crippen LogP contribution in [0.2, 0.25) is 0 Å². The smallest absolute Gasteiger partial charge is 0.423 e. The molecule has 0 spiro atoms. The third kappa shape index (κ3) is 1.85. The van der Waals surface area contributed by atoms with E-state index in [1.165, 1.54) is 0 Å². The van der Waals surface area contributed by atoms with Gasteiger partial charge in [-0.2, -0.15) is 0 Å². The molecule has 4 rings (SSSR count). The SMILES string of the molecule is [2H]c1c([2H])c([2H])c(-n2c3c([2H])c([2H])c([2H])c([2H])c3c3c([2H])c([2H])c([2H])c(B(O)O)c32)c([2H])c1[2H]. The summed E-state index contributed by atoms with van der Waals surface area (Å²) in [5, 5.41) is 19.5. The lowest BCUT2D eigenvalue weighted by Gasteiger charge is -2.10. The quantitative estimate of drug-likeness (QED) is 0.559. The van der Waals surface area contributed by atoms with E-state index in [4.69, 9.17) is 16.4 Å². The Labute approximate surface area is 145 Å². The van der Waals surface area contributed by atoms with E-state index in [1.807, 2.05) is 0 Å². The first-order chi connectivity index (χ1) is 15.7. The highest BCUT2D eigenvalue weighted by molar-refractivity contribution is 6.62. The van der Waals surface area contributed by atoms with Crippen molar-refractivity contribution in [3.05, 3.63) is 72.5 Å². The zero-order chi connectivity index (χ0) is 25.5. The summed E-state index contributed by atoms with van der Waals surface area (Å²) < 4.78 is 99.1. The number of benzene rings is 3. The first kappa shape index (κ1) is 5.58. The van der Waals surface area contributed by atoms with E-state index >= 15 is 0 Å². The van der Waals surface area contributed by atoms with Crippen LogP contribution in [0.1, 0.15) is 16.4 Å². The standard InChI is InChI=1S/C18H14BNO2/c21-19(22)16-11-6-10-15-14-9-4-5-12-17(14)20(18(15)16)13-7-2-1-3-8-13/h1-12,21-22H/i1D,2D,3D,4D,5D,6D,7D,8D,9D,10D,11D,12D. The Kier molecular flexibility index (Phi) is 1.27. The Morgan fingerprint density at radius 3 is 2.23 bits per heavy atom. The van der Waals surface area contributed by atoms with Gasteiger partial charge >= 0.3 is 7.12 Å². The number of nitrogens with zero attached hydrogens (tertiary/aromatic N) is 1. The van der Waals surface area contributed by atoms with Gasteiger partial charge in [0.05, 0.1) is 27.5 Å². The van der Waals surface area contributed by atoms with Gasteiger partial charge in [-0.25, -0.2) is 0 Å². The maximum absolute atomic E-state index is 10.1. The molecule has 0 saturated carbocycles. The number of hydrogen-bond acceptors (Lipinski definition) is 2. The van der Waals surface area contributed by atoms with Gasteiger partial charge in [0.1, 0.15) is 0 Å². The zero-order valence-corrected chi connectivity index (χ0v) is 10.9. The highest BCUT2D eigenvalue weighted by Crippen LogP contribution is 2.30. The Hall–Kier alpha value is -2.56. The lowest BCUT2D eigenvalue weighted by atomic mass is 9.79. The topological polar surface area (TPSA) is 45.4 Å². The largest absolute Gasteiger partial charge is 0.490 e. The third-order valence-electron chi connectivity index (χ3n) is 3.21. The summed E-state index contributed by atoms with van der Waals surface area (Å²) in [7, 11) is -2.41. The zero-order valence-electron chi connectivity index (χ0n) is 22.9. The van der Waals surface area contributed by atoms with Crippen molar-refractivity contribution in [1.29, 1.82) is 0 Å². The minimum absolute atomic E-state index is 0.326. The lowest BCUT2D eigenvalue weighted by Crippen LogP contribution is -2.31. The molecule has 0 fully saturated rings. The fraction of sp³-hybridized carbons (Fsp3) is 0. The number of fused-ring (bicyclic) bond motifs is 3. The lowest BCUT2D eigenvalue weighted by molar-refractivity contribution is 0.426. The molecule has 0 aliphatic carbocycles. The predicted molar refractivity (Wildman–Crippen MR) is 90.6 cm³/mol. The van der Waals surface area contributed by atoms with E-state index < -0.39 is 102 Å². The molecule has 22 heavy (non-hydrogen) atoms. The third-order valence-corrected chi connectivity index (χ3v) is 3.21. The van der Waals surface area contributed by atoms with Crippen LogP contribution >= 0.6 is 0 Å². The summed E-state index contributed by atoms with van der Waals surface area (Å²) in [6.45, 7) is 0. The van der Waals surface area contributed by atoms with Gasteiger partial charge in [0.15, 0.2) is 0 Å². The molecule has 2 N–H and O–H groups in total. The summed E-state index contributed by atoms with van der Waals surface area (Å²) in [6.07, 6.45) is 0. The van der Waals surface area contributed by atoms with Crippen LogP contribution in [0.4, 0.5) is 0 Å². The van der Waals surface area contributed by atoms with Gasteiger partial charge in [-0.3, -0.25) is 0 Å². The highest BCUT2D eigenvalue weighted by Gasteiger charge is 2.20. The minimum atomic E-state index is -2.41. The summed E-state index contributed by atoms with van der Waals surface area (Å²) in [5.41, 5.74) is -2.08. The monoisotopic (exact) mass is 299 g/mol. The van der Waals surface area contributed by atoms with Crippen LogP contribution in [0.15, 0.2) is 72.5 Å². The molecule has 0 unspecified atom stereocenters. The van der Waals surface area contributed by atoms with Gasteiger partial charge < -0.3 is 14.6 Å². The molecule has 0 bridgehead atoms. The van der Waals surface area contributed by atoms with Gasteiger partial charge in [-0.1, -0.05) is 54.4 Å². The molecule has 4 heteroatoms. The molecule has 3 nitrogen and oxygen atoms in total. The van der Waals surface area contributed by atoms with E-state index in [1.54, 1.807) is 0 Å². The first-order valence-corrected chi connectivity index (χ1v) is 6.23. The molecular weight excluding hydrogens is 273 g/mol. The summed E-state index contributed by atoms with van der Waals surface area (Å²) in [6, 6.07) is -8.70. The fourth-order valence-corrected chi connectivity index (χ4v) is 2.36. The molecule has 1 heterocycles. The Balaban J connectivity index is 2.53. The van der Waals surface area contributed by atoms with Crippen LogP contribution in [0.3, 0.4) is 0 Å². The molecule has 3 aromatic carbocycles. The maximum atomic E-state index is 10.1. The van der Waals surface area contributed by atoms with Crippen molar-refractivity contribution in [1.82, 2.24) is 4.57 Å². The van der Waals surface area contributed by atoms with Crippen molar-refractivity contribution in [3.63, 3.8) is 0 Å². The van der Waals surface area contributed by atoms with Crippen LogP contribution < -0.4 is 5.46 Å². The molecule has 0 amide bonds. The molecule has 0 atom stereocenters. The van der Waals surface area contributed by atoms with Gasteiger partial charge in [-0.15, -0.1) is 0 Å². The minimum Gasteiger partial charge on any atom is -0.423 e. The molecule has 0 saturated heterocycles. The molecule has 106 valence electrons. The molecule has 0 radical (unpaired) electrons. The normalized spacial score (nSPS) is 18.8. The first-order valence-electron chi connectivity index (χ1n) is 12.2. The van der Waals surface area contributed by atoms with E-state index in [0.29, 0.717) is 0 Å². The molecule has 1 aromatic heterocycles. The summed E-state index contributed by atoms with van der Waals surface area (Å²) in [5.74, 6) is 0. The van der Waals surface area contributed by atoms with Crippen LogP contribution in [0.5, 0.6) is 0 Å². The fourth-order valence-electron chi connectivity index (χ4n) is 2.36. The summed E-state index contributed by atoms with van der Waals surface area (Å²) in [4.78, 5) is 0. The maximum Gasteiger partial charge on any atom is 0.490 e. The second kappa shape index (κ2) is 5.02. The molecular formula is C18H14BNO2. The van der Waals surface area contributed by atoms with Crippen molar-refractivity contribution in [2.75, 3.05) is 0 Å². The number of hydrogen-bond donors (Lipinski definition) is 2. The Bertz CT molecular complexity index is 1540. The molecule has 4 aromatic rings. The van der Waals surface area contributed by atoms with Crippen LogP contribution in [0.25, 0.3) is 27.5 Å². The van der Waals surface area contributed by atoms with Gasteiger partial charge in [0.2, 0.25) is 0 Å². The Morgan fingerprint density at radius 1 is 0.773 bits per heavy atom. The molecule has 0 aliphatic heterocycles. The second-order valence-electron chi connectivity index (χ2n) is 4.42. The second-order valence-corrected chi connectivity index (χ2v) is 4.42. The van der Waals surface area contributed by atoms with E-state index in [0.717, 1.165) is 4.57 Å². The van der Waals surface area contributed by atoms with Crippen LogP contribution in [0, 0.1) is 0 Å². The predicted octanol–water partition coefficient (Wildman–Crippen LogP) is 2.46. The van der Waals surface area contributed by atoms with Gasteiger partial charge in [-0.05, 0) is 18.1 Å². The van der Waals surface area contributed by atoms with E-state index in [-0.39, 0.29) is 10.8 Å². The number of rotatable bonds is 2. The van der Waals surface area contributed by atoms with Gasteiger partial charge in [0.25, 0.3) is 0 Å². The highest BCUT2D eigenvalue weighted by atomic mass is 16.4. The number of aromatic nitrogens is 1. The van der Waals surface area contributed by atoms with Crippen molar-refractivity contribution < 1.29 is 26.5 Å². The van der Waals surface area contributed by atoms with Crippen molar-refractivity contribution in [2.24, 2.45) is 0 Å². The van der Waals surface area contributed by atoms with Crippen molar-refractivity contribution >= 4 is 34.4 Å². The van der Waals surface area contributed by atoms with E-state index in [9.17, 15) is 10.0 Å². The van der Waals surface area contributed by atoms with Crippen LogP contribution in [-0.4, -0.2) is 21.7 Å². The van der Waals surface area contributed by atoms with Crippen molar-refractivity contribution in [3.8, 4) is 5.69 Å². The van der Waals surface area contributed by atoms with Crippen molar-refractivity contribution in [2.45, 2.75) is 0 Å². The van der Waals surface area contributed by atoms with E-state index in [2.05, 4.69) is 0 Å². The average molecular weight is 299 g/mol. The van der Waals surface area contributed by atoms with Gasteiger partial charge in [0, 0.05) is 21.9 Å². The number of para-hydroxylation sites is 3.